The molecule has 0 aromatic heterocycles. The van der Waals surface area contributed by atoms with Gasteiger partial charge < -0.3 is 25.4 Å². The molecule has 0 spiro atoms. The molecular weight excluding hydrogens is 408 g/mol. The van der Waals surface area contributed by atoms with Crippen LogP contribution in [0.25, 0.3) is 0 Å². The van der Waals surface area contributed by atoms with E-state index < -0.39 is 27.8 Å². The zero-order valence-corrected chi connectivity index (χ0v) is 16.5. The number of nitrogens with zero attached hydrogens (tertiary/aromatic N) is 2. The summed E-state index contributed by atoms with van der Waals surface area (Å²) in [4.78, 5) is 23.2. The molecule has 1 aromatic carbocycles. The molecule has 12 nitrogen and oxygen atoms in total. The molecule has 1 heterocycles. The Labute approximate surface area is 168 Å². The summed E-state index contributed by atoms with van der Waals surface area (Å²) in [5.41, 5.74) is -0.379. The predicted molar refractivity (Wildman–Crippen MR) is 101 cm³/mol. The van der Waals surface area contributed by atoms with Crippen LogP contribution < -0.4 is 10.6 Å². The summed E-state index contributed by atoms with van der Waals surface area (Å²) in [6.45, 7) is 2.31. The fraction of sp³-hybridized carbons (Fsp3) is 0.562. The Kier molecular flexibility index (Phi) is 8.72. The van der Waals surface area contributed by atoms with Crippen LogP contribution in [0.3, 0.4) is 0 Å². The van der Waals surface area contributed by atoms with Crippen molar-refractivity contribution in [3.05, 3.63) is 34.4 Å². The van der Waals surface area contributed by atoms with Crippen LogP contribution in [0.2, 0.25) is 0 Å². The molecule has 1 atom stereocenters. The molecule has 29 heavy (non-hydrogen) atoms. The van der Waals surface area contributed by atoms with Gasteiger partial charge >= 0.3 is 6.03 Å². The van der Waals surface area contributed by atoms with Crippen molar-refractivity contribution in [2.75, 3.05) is 52.5 Å². The van der Waals surface area contributed by atoms with Crippen molar-refractivity contribution in [1.82, 2.24) is 15.5 Å². The van der Waals surface area contributed by atoms with Crippen molar-refractivity contribution in [1.29, 1.82) is 0 Å². The highest BCUT2D eigenvalue weighted by molar-refractivity contribution is 7.86. The maximum atomic E-state index is 12.1. The van der Waals surface area contributed by atoms with Crippen LogP contribution in [0.1, 0.15) is 0 Å². The van der Waals surface area contributed by atoms with E-state index in [4.69, 9.17) is 8.92 Å². The Bertz CT molecular complexity index is 798. The normalized spacial score (nSPS) is 15.7. The van der Waals surface area contributed by atoms with Crippen LogP contribution in [-0.4, -0.2) is 88.0 Å². The number of urea groups is 1. The van der Waals surface area contributed by atoms with E-state index in [1.165, 1.54) is 12.1 Å². The minimum Gasteiger partial charge on any atom is -0.389 e. The maximum absolute atomic E-state index is 12.1. The van der Waals surface area contributed by atoms with Crippen molar-refractivity contribution in [2.24, 2.45) is 0 Å². The van der Waals surface area contributed by atoms with Crippen molar-refractivity contribution in [3.63, 3.8) is 0 Å². The number of nitro benzene ring substituents is 1. The van der Waals surface area contributed by atoms with E-state index >= 15 is 0 Å². The second-order valence-electron chi connectivity index (χ2n) is 6.18. The van der Waals surface area contributed by atoms with Crippen molar-refractivity contribution in [2.45, 2.75) is 11.0 Å². The second kappa shape index (κ2) is 11.0. The largest absolute Gasteiger partial charge is 0.389 e. The van der Waals surface area contributed by atoms with Crippen LogP contribution in [0.15, 0.2) is 29.2 Å². The van der Waals surface area contributed by atoms with Crippen molar-refractivity contribution >= 4 is 21.8 Å². The van der Waals surface area contributed by atoms with Gasteiger partial charge in [-0.25, -0.2) is 4.79 Å². The number of carbonyl (C=O) groups is 1. The van der Waals surface area contributed by atoms with E-state index in [0.717, 1.165) is 12.1 Å². The number of hydrogen-bond donors (Lipinski definition) is 3. The number of non-ortho nitro benzene ring substituents is 1. The van der Waals surface area contributed by atoms with E-state index in [-0.39, 0.29) is 23.2 Å². The number of rotatable bonds is 10. The lowest BCUT2D eigenvalue weighted by Gasteiger charge is -2.26. The Morgan fingerprint density at radius 3 is 2.76 bits per heavy atom. The SMILES string of the molecule is O=C(NCCNC[C@H](O)COS(=O)(=O)c1cccc([N+](=O)[O-])c1)N1CCOCC1. The van der Waals surface area contributed by atoms with E-state index in [2.05, 4.69) is 10.6 Å². The number of nitro groups is 1. The molecule has 3 N–H and O–H groups in total. The summed E-state index contributed by atoms with van der Waals surface area (Å²) < 4.78 is 34.1. The number of nitrogens with one attached hydrogen (secondary N) is 2. The summed E-state index contributed by atoms with van der Waals surface area (Å²) in [7, 11) is -4.24. The molecule has 1 aliphatic heterocycles. The molecule has 0 unspecified atom stereocenters. The Balaban J connectivity index is 1.66. The third-order valence-electron chi connectivity index (χ3n) is 3.99. The quantitative estimate of drug-likeness (QED) is 0.188. The van der Waals surface area contributed by atoms with Gasteiger partial charge in [0.15, 0.2) is 0 Å². The third kappa shape index (κ3) is 7.55. The molecule has 1 saturated heterocycles. The van der Waals surface area contributed by atoms with Gasteiger partial charge in [0.05, 0.1) is 30.8 Å². The maximum Gasteiger partial charge on any atom is 0.317 e. The smallest absolute Gasteiger partial charge is 0.317 e. The predicted octanol–water partition coefficient (Wildman–Crippen LogP) is -0.708. The molecule has 0 bridgehead atoms. The number of aliphatic hydroxyl groups is 1. The zero-order valence-electron chi connectivity index (χ0n) is 15.7. The molecular formula is C16H24N4O8S. The van der Waals surface area contributed by atoms with E-state index in [0.29, 0.717) is 39.4 Å². The first-order chi connectivity index (χ1) is 13.8. The summed E-state index contributed by atoms with van der Waals surface area (Å²) >= 11 is 0. The van der Waals surface area contributed by atoms with Crippen molar-refractivity contribution in [3.8, 4) is 0 Å². The average Bonchev–Trinajstić information content (AvgIpc) is 2.72. The van der Waals surface area contributed by atoms with Crippen LogP contribution in [0.5, 0.6) is 0 Å². The molecule has 0 saturated carbocycles. The first-order valence-electron chi connectivity index (χ1n) is 8.93. The van der Waals surface area contributed by atoms with Gasteiger partial charge in [-0.2, -0.15) is 8.42 Å². The van der Waals surface area contributed by atoms with E-state index in [1.807, 2.05) is 0 Å². The molecule has 1 fully saturated rings. The Morgan fingerprint density at radius 2 is 2.07 bits per heavy atom. The standard InChI is InChI=1S/C16H24N4O8S/c21-14(11-17-4-5-18-16(22)19-6-8-27-9-7-19)12-28-29(25,26)15-3-1-2-13(10-15)20(23)24/h1-3,10,14,17,21H,4-9,11-12H2,(H,18,22)/t14-/m0/s1. The van der Waals surface area contributed by atoms with Gasteiger partial charge in [0.2, 0.25) is 0 Å². The van der Waals surface area contributed by atoms with Gasteiger partial charge in [0.1, 0.15) is 4.90 Å². The zero-order chi connectivity index (χ0) is 21.3. The fourth-order valence-electron chi connectivity index (χ4n) is 2.45. The van der Waals surface area contributed by atoms with Crippen LogP contribution in [0.4, 0.5) is 10.5 Å². The number of ether oxygens (including phenoxy) is 1. The molecule has 0 radical (unpaired) electrons. The number of hydrogen-bond acceptors (Lipinski definition) is 9. The minimum atomic E-state index is -4.24. The van der Waals surface area contributed by atoms with E-state index in [9.17, 15) is 28.4 Å². The van der Waals surface area contributed by atoms with E-state index in [1.54, 1.807) is 4.90 Å². The lowest BCUT2D eigenvalue weighted by atomic mass is 10.3. The lowest BCUT2D eigenvalue weighted by Crippen LogP contribution is -2.47. The fourth-order valence-corrected chi connectivity index (χ4v) is 3.44. The molecule has 162 valence electrons. The van der Waals surface area contributed by atoms with Gasteiger partial charge in [-0.3, -0.25) is 14.3 Å². The van der Waals surface area contributed by atoms with Crippen molar-refractivity contribution < 1.29 is 32.2 Å². The average molecular weight is 432 g/mol. The summed E-state index contributed by atoms with van der Waals surface area (Å²) in [6.07, 6.45) is -1.13. The summed E-state index contributed by atoms with van der Waals surface area (Å²) in [5, 5.41) is 26.2. The number of carbonyl (C=O) groups excluding carboxylic acids is 1. The molecule has 2 rings (SSSR count). The molecule has 2 amide bonds. The molecule has 1 aromatic rings. The minimum absolute atomic E-state index is 0.0396. The van der Waals surface area contributed by atoms with Gasteiger partial charge in [-0.05, 0) is 6.07 Å². The van der Waals surface area contributed by atoms with Gasteiger partial charge in [0, 0.05) is 44.9 Å². The van der Waals surface area contributed by atoms with Crippen LogP contribution >= 0.6 is 0 Å². The van der Waals surface area contributed by atoms with Crippen LogP contribution in [-0.2, 0) is 19.0 Å². The number of benzene rings is 1. The first kappa shape index (κ1) is 23.0. The van der Waals surface area contributed by atoms with Gasteiger partial charge in [-0.1, -0.05) is 6.07 Å². The highest BCUT2D eigenvalue weighted by atomic mass is 32.2. The van der Waals surface area contributed by atoms with Crippen LogP contribution in [0, 0.1) is 10.1 Å². The highest BCUT2D eigenvalue weighted by Crippen LogP contribution is 2.19. The number of morpholine rings is 1. The second-order valence-corrected chi connectivity index (χ2v) is 7.80. The Morgan fingerprint density at radius 1 is 1.34 bits per heavy atom. The monoisotopic (exact) mass is 432 g/mol. The third-order valence-corrected chi connectivity index (χ3v) is 5.27. The first-order valence-corrected chi connectivity index (χ1v) is 10.3. The summed E-state index contributed by atoms with van der Waals surface area (Å²) in [5.74, 6) is 0. The van der Waals surface area contributed by atoms with Gasteiger partial charge in [-0.15, -0.1) is 0 Å². The number of aliphatic hydroxyl groups excluding tert-OH is 1. The highest BCUT2D eigenvalue weighted by Gasteiger charge is 2.20. The molecule has 13 heteroatoms. The summed E-state index contributed by atoms with van der Waals surface area (Å²) in [6, 6.07) is 4.26. The Hall–Kier alpha value is -2.32. The molecule has 0 aliphatic carbocycles. The lowest BCUT2D eigenvalue weighted by molar-refractivity contribution is -0.385. The topological polar surface area (TPSA) is 160 Å². The van der Waals surface area contributed by atoms with Gasteiger partial charge in [0.25, 0.3) is 15.8 Å². The number of amides is 2. The molecule has 1 aliphatic rings.